The molecule has 0 radical (unpaired) electrons. The second kappa shape index (κ2) is 15.6. The molecule has 2 aliphatic rings. The van der Waals surface area contributed by atoms with Crippen molar-refractivity contribution in [1.82, 2.24) is 0 Å². The zero-order valence-electron chi connectivity index (χ0n) is 25.2. The largest absolute Gasteiger partial charge is 0.429 e. The van der Waals surface area contributed by atoms with Crippen molar-refractivity contribution in [3.8, 4) is 11.5 Å². The molecule has 0 unspecified atom stereocenters. The van der Waals surface area contributed by atoms with Crippen molar-refractivity contribution in [2.75, 3.05) is 0 Å². The lowest BCUT2D eigenvalue weighted by Gasteiger charge is -2.36. The maximum atomic E-state index is 14.9. The SMILES string of the molecule is C=CCCC1CCC(C(F)(F)OC2CCC(C=Cc3ccc(C(F)(F)Oc4cc(F)c(OC(F)=C(F)F)c(F)c4)c(F)c3)CC2)CC1. The van der Waals surface area contributed by atoms with Crippen molar-refractivity contribution in [1.29, 1.82) is 0 Å². The van der Waals surface area contributed by atoms with Gasteiger partial charge in [-0.1, -0.05) is 24.3 Å². The molecule has 3 nitrogen and oxygen atoms in total. The Kier molecular flexibility index (Phi) is 12.1. The Bertz CT molecular complexity index is 1410. The predicted octanol–water partition coefficient (Wildman–Crippen LogP) is 11.6. The van der Waals surface area contributed by atoms with E-state index >= 15 is 0 Å². The molecule has 0 saturated heterocycles. The van der Waals surface area contributed by atoms with E-state index in [0.29, 0.717) is 50.5 Å². The van der Waals surface area contributed by atoms with E-state index in [1.807, 2.05) is 6.08 Å². The van der Waals surface area contributed by atoms with Gasteiger partial charge in [-0.15, -0.1) is 6.58 Å². The van der Waals surface area contributed by atoms with Crippen LogP contribution in [-0.2, 0) is 10.8 Å². The van der Waals surface area contributed by atoms with Gasteiger partial charge in [0.25, 0.3) is 0 Å². The molecule has 2 aromatic rings. The van der Waals surface area contributed by atoms with E-state index in [1.165, 1.54) is 6.08 Å². The molecule has 2 aliphatic carbocycles. The van der Waals surface area contributed by atoms with E-state index in [1.54, 1.807) is 6.08 Å². The molecule has 0 aliphatic heterocycles. The Morgan fingerprint density at radius 3 is 2.04 bits per heavy atom. The molecule has 47 heavy (non-hydrogen) atoms. The molecule has 0 atom stereocenters. The summed E-state index contributed by atoms with van der Waals surface area (Å²) in [6.07, 6.45) is -0.0519. The molecule has 2 saturated carbocycles. The Labute approximate surface area is 265 Å². The van der Waals surface area contributed by atoms with E-state index in [2.05, 4.69) is 16.1 Å². The number of alkyl halides is 4. The quantitative estimate of drug-likeness (QED) is 0.120. The van der Waals surface area contributed by atoms with E-state index in [-0.39, 0.29) is 23.6 Å². The number of halogens is 10. The van der Waals surface area contributed by atoms with Crippen molar-refractivity contribution < 1.29 is 58.1 Å². The summed E-state index contributed by atoms with van der Waals surface area (Å²) in [6.45, 7) is 3.71. The monoisotopic (exact) mass is 680 g/mol. The fourth-order valence-electron chi connectivity index (χ4n) is 6.00. The second-order valence-corrected chi connectivity index (χ2v) is 11.9. The van der Waals surface area contributed by atoms with Gasteiger partial charge in [0.05, 0.1) is 17.6 Å². The molecule has 0 N–H and O–H groups in total. The maximum Gasteiger partial charge on any atom is 0.429 e. The van der Waals surface area contributed by atoms with Crippen molar-refractivity contribution >= 4 is 6.08 Å². The highest BCUT2D eigenvalue weighted by Gasteiger charge is 2.44. The van der Waals surface area contributed by atoms with Crippen molar-refractivity contribution in [2.45, 2.75) is 82.5 Å². The first-order valence-electron chi connectivity index (χ1n) is 15.3. The summed E-state index contributed by atoms with van der Waals surface area (Å²) < 4.78 is 153. The number of hydrogen-bond donors (Lipinski definition) is 0. The Hall–Kier alpha value is -3.48. The average Bonchev–Trinajstić information content (AvgIpc) is 3.01. The Morgan fingerprint density at radius 1 is 0.830 bits per heavy atom. The average molecular weight is 681 g/mol. The van der Waals surface area contributed by atoms with Gasteiger partial charge in [-0.25, -0.2) is 13.2 Å². The molecular weight excluding hydrogens is 646 g/mol. The highest BCUT2D eigenvalue weighted by Crippen LogP contribution is 2.43. The van der Waals surface area contributed by atoms with E-state index < -0.39 is 70.8 Å². The van der Waals surface area contributed by atoms with Gasteiger partial charge in [0.1, 0.15) is 11.6 Å². The molecule has 0 amide bonds. The number of benzene rings is 2. The highest BCUT2D eigenvalue weighted by atomic mass is 19.3. The first kappa shape index (κ1) is 36.4. The molecule has 0 heterocycles. The van der Waals surface area contributed by atoms with Gasteiger partial charge in [0, 0.05) is 12.1 Å². The molecule has 13 heteroatoms. The van der Waals surface area contributed by atoms with Crippen LogP contribution in [0.25, 0.3) is 6.08 Å². The van der Waals surface area contributed by atoms with Crippen LogP contribution < -0.4 is 9.47 Å². The van der Waals surface area contributed by atoms with Gasteiger partial charge in [0.2, 0.25) is 5.75 Å². The third kappa shape index (κ3) is 9.77. The van der Waals surface area contributed by atoms with Crippen LogP contribution in [0.1, 0.15) is 75.3 Å². The van der Waals surface area contributed by atoms with E-state index in [9.17, 15) is 43.9 Å². The molecule has 258 valence electrons. The first-order chi connectivity index (χ1) is 22.2. The minimum atomic E-state index is -4.44. The van der Waals surface area contributed by atoms with Crippen LogP contribution in [-0.4, -0.2) is 12.2 Å². The summed E-state index contributed by atoms with van der Waals surface area (Å²) in [5.41, 5.74) is -1.06. The fraction of sp³-hybridized carbons (Fsp3) is 0.471. The summed E-state index contributed by atoms with van der Waals surface area (Å²) in [5, 5.41) is 0. The lowest BCUT2D eigenvalue weighted by molar-refractivity contribution is -0.301. The Morgan fingerprint density at radius 2 is 1.47 bits per heavy atom. The third-order valence-corrected chi connectivity index (χ3v) is 8.57. The van der Waals surface area contributed by atoms with Gasteiger partial charge < -0.3 is 14.2 Å². The number of ether oxygens (including phenoxy) is 3. The van der Waals surface area contributed by atoms with Crippen LogP contribution >= 0.6 is 0 Å². The van der Waals surface area contributed by atoms with Gasteiger partial charge >= 0.3 is 24.3 Å². The molecule has 0 aromatic heterocycles. The lowest BCUT2D eigenvalue weighted by Crippen LogP contribution is -2.39. The maximum absolute atomic E-state index is 14.9. The normalized spacial score (nSPS) is 22.3. The van der Waals surface area contributed by atoms with Crippen LogP contribution in [0.15, 0.2) is 61.2 Å². The van der Waals surface area contributed by atoms with E-state index in [0.717, 1.165) is 37.8 Å². The standard InChI is InChI=1S/C34H34F10O3/c1-2-3-4-20-7-12-23(13-8-20)33(41,42)46-24-14-9-21(10-15-24)5-6-22-11-16-26(27(35)17-22)34(43,44)47-25-18-28(36)30(29(37)19-25)45-32(40)31(38)39/h2,5-6,11,16-21,23-24H,1,3-4,7-10,12-15H2. The molecule has 4 rings (SSSR count). The molecule has 2 fully saturated rings. The van der Waals surface area contributed by atoms with E-state index in [4.69, 9.17) is 4.74 Å². The van der Waals surface area contributed by atoms with Gasteiger partial charge in [-0.3, -0.25) is 0 Å². The van der Waals surface area contributed by atoms with Crippen molar-refractivity contribution in [2.24, 2.45) is 17.8 Å². The minimum absolute atomic E-state index is 0.0293. The van der Waals surface area contributed by atoms with Crippen molar-refractivity contribution in [3.63, 3.8) is 0 Å². The zero-order valence-corrected chi connectivity index (χ0v) is 25.2. The van der Waals surface area contributed by atoms with Crippen LogP contribution in [0.4, 0.5) is 43.9 Å². The predicted molar refractivity (Wildman–Crippen MR) is 154 cm³/mol. The van der Waals surface area contributed by atoms with Gasteiger partial charge in [0.15, 0.2) is 11.6 Å². The topological polar surface area (TPSA) is 27.7 Å². The Balaban J connectivity index is 1.30. The fourth-order valence-corrected chi connectivity index (χ4v) is 6.00. The summed E-state index contributed by atoms with van der Waals surface area (Å²) in [7, 11) is 0. The van der Waals surface area contributed by atoms with Crippen LogP contribution in [0, 0.1) is 35.2 Å². The molecular formula is C34H34F10O3. The van der Waals surface area contributed by atoms with Crippen LogP contribution in [0.3, 0.4) is 0 Å². The third-order valence-electron chi connectivity index (χ3n) is 8.57. The molecule has 2 aromatic carbocycles. The van der Waals surface area contributed by atoms with Crippen molar-refractivity contribution in [3.05, 3.63) is 89.7 Å². The number of allylic oxidation sites excluding steroid dienone is 2. The summed E-state index contributed by atoms with van der Waals surface area (Å²) >= 11 is 0. The van der Waals surface area contributed by atoms with Crippen LogP contribution in [0.5, 0.6) is 11.5 Å². The highest BCUT2D eigenvalue weighted by molar-refractivity contribution is 5.51. The second-order valence-electron chi connectivity index (χ2n) is 11.9. The minimum Gasteiger partial charge on any atom is -0.429 e. The molecule has 0 bridgehead atoms. The van der Waals surface area contributed by atoms with Gasteiger partial charge in [-0.2, -0.15) is 30.7 Å². The zero-order chi connectivity index (χ0) is 34.4. The number of hydrogen-bond acceptors (Lipinski definition) is 3. The summed E-state index contributed by atoms with van der Waals surface area (Å²) in [4.78, 5) is 0. The number of rotatable bonds is 13. The van der Waals surface area contributed by atoms with Gasteiger partial charge in [-0.05, 0) is 93.7 Å². The lowest BCUT2D eigenvalue weighted by atomic mass is 9.79. The summed E-state index contributed by atoms with van der Waals surface area (Å²) in [6, 6.07) is 0.326. The molecule has 0 spiro atoms. The summed E-state index contributed by atoms with van der Waals surface area (Å²) in [5.74, 6) is -8.25. The van der Waals surface area contributed by atoms with Crippen LogP contribution in [0.2, 0.25) is 0 Å². The smallest absolute Gasteiger partial charge is 0.429 e. The first-order valence-corrected chi connectivity index (χ1v) is 15.3.